The zero-order valence-corrected chi connectivity index (χ0v) is 12.3. The maximum absolute atomic E-state index is 12.1. The van der Waals surface area contributed by atoms with Crippen LogP contribution >= 0.6 is 0 Å². The second kappa shape index (κ2) is 6.52. The minimum atomic E-state index is -0.385. The number of hydrogen-bond donors (Lipinski definition) is 0. The Hall–Kier alpha value is -2.17. The number of aryl methyl sites for hydroxylation is 1. The van der Waals surface area contributed by atoms with E-state index in [2.05, 4.69) is 4.74 Å². The predicted molar refractivity (Wildman–Crippen MR) is 78.4 cm³/mol. The summed E-state index contributed by atoms with van der Waals surface area (Å²) in [5.74, 6) is -0.451. The number of rotatable bonds is 4. The Kier molecular flexibility index (Phi) is 4.73. The van der Waals surface area contributed by atoms with Gasteiger partial charge in [0.25, 0.3) is 0 Å². The van der Waals surface area contributed by atoms with Crippen molar-refractivity contribution in [2.75, 3.05) is 18.6 Å². The lowest BCUT2D eigenvalue weighted by Gasteiger charge is -2.28. The van der Waals surface area contributed by atoms with Crippen LogP contribution in [-0.4, -0.2) is 31.3 Å². The number of ketones is 1. The summed E-state index contributed by atoms with van der Waals surface area (Å²) in [7, 11) is 1.31. The van der Waals surface area contributed by atoms with E-state index in [1.54, 1.807) is 17.9 Å². The fraction of sp³-hybridized carbons (Fsp3) is 0.438. The Morgan fingerprint density at radius 3 is 2.67 bits per heavy atom. The number of Topliss-reactive ketones (excluding diaryl/α,β-unsaturated/α-hetero) is 1. The van der Waals surface area contributed by atoms with Crippen LogP contribution in [-0.2, 0) is 20.7 Å². The Bertz CT molecular complexity index is 580. The lowest BCUT2D eigenvalue weighted by Crippen LogP contribution is -2.33. The molecule has 1 aromatic rings. The van der Waals surface area contributed by atoms with Gasteiger partial charge in [-0.25, -0.2) is 0 Å². The Morgan fingerprint density at radius 1 is 1.24 bits per heavy atom. The number of amides is 1. The van der Waals surface area contributed by atoms with E-state index in [9.17, 15) is 14.4 Å². The molecule has 0 unspecified atom stereocenters. The van der Waals surface area contributed by atoms with Gasteiger partial charge in [0.15, 0.2) is 5.78 Å². The van der Waals surface area contributed by atoms with Crippen molar-refractivity contribution in [2.24, 2.45) is 0 Å². The Labute approximate surface area is 123 Å². The molecule has 5 heteroatoms. The van der Waals surface area contributed by atoms with Gasteiger partial charge < -0.3 is 9.64 Å². The number of fused-ring (bicyclic) bond motifs is 1. The van der Waals surface area contributed by atoms with Gasteiger partial charge in [0.05, 0.1) is 13.5 Å². The lowest BCUT2D eigenvalue weighted by molar-refractivity contribution is -0.140. The number of ether oxygens (including phenoxy) is 1. The van der Waals surface area contributed by atoms with E-state index < -0.39 is 0 Å². The molecular weight excluding hydrogens is 270 g/mol. The number of methoxy groups -OCH3 is 1. The van der Waals surface area contributed by atoms with Crippen molar-refractivity contribution in [2.45, 2.75) is 32.6 Å². The molecule has 1 amide bonds. The summed E-state index contributed by atoms with van der Waals surface area (Å²) >= 11 is 0. The second-order valence-corrected chi connectivity index (χ2v) is 5.12. The number of hydrogen-bond acceptors (Lipinski definition) is 4. The first-order chi connectivity index (χ1) is 10.0. The van der Waals surface area contributed by atoms with E-state index in [1.165, 1.54) is 7.11 Å². The summed E-state index contributed by atoms with van der Waals surface area (Å²) in [6.07, 6.45) is 1.98. The minimum absolute atomic E-state index is 0.0146. The first kappa shape index (κ1) is 15.2. The van der Waals surface area contributed by atoms with E-state index in [-0.39, 0.29) is 30.5 Å². The van der Waals surface area contributed by atoms with Crippen molar-refractivity contribution in [3.63, 3.8) is 0 Å². The third-order valence-corrected chi connectivity index (χ3v) is 3.68. The molecule has 0 atom stereocenters. The standard InChI is InChI=1S/C16H19NO4/c1-11(18)17-9-3-4-12-10-13(5-6-14(12)17)15(19)7-8-16(20)21-2/h5-6,10H,3-4,7-9H2,1-2H3. The maximum atomic E-state index is 12.1. The van der Waals surface area contributed by atoms with Gasteiger partial charge in [-0.1, -0.05) is 0 Å². The van der Waals surface area contributed by atoms with Gasteiger partial charge in [-0.05, 0) is 36.6 Å². The van der Waals surface area contributed by atoms with Crippen molar-refractivity contribution in [3.05, 3.63) is 29.3 Å². The molecule has 0 spiro atoms. The molecule has 0 N–H and O–H groups in total. The number of esters is 1. The summed E-state index contributed by atoms with van der Waals surface area (Å²) in [5, 5.41) is 0. The molecule has 0 saturated heterocycles. The zero-order chi connectivity index (χ0) is 15.4. The molecule has 2 rings (SSSR count). The van der Waals surface area contributed by atoms with E-state index >= 15 is 0 Å². The van der Waals surface area contributed by atoms with Crippen molar-refractivity contribution in [1.82, 2.24) is 0 Å². The summed E-state index contributed by atoms with van der Waals surface area (Å²) in [5.41, 5.74) is 2.49. The summed E-state index contributed by atoms with van der Waals surface area (Å²) in [6, 6.07) is 5.38. The highest BCUT2D eigenvalue weighted by atomic mass is 16.5. The van der Waals surface area contributed by atoms with E-state index in [4.69, 9.17) is 0 Å². The Morgan fingerprint density at radius 2 is 2.00 bits per heavy atom. The van der Waals surface area contributed by atoms with Crippen LogP contribution in [0.2, 0.25) is 0 Å². The monoisotopic (exact) mass is 289 g/mol. The molecule has 0 saturated carbocycles. The number of nitrogens with zero attached hydrogens (tertiary/aromatic N) is 1. The van der Waals surface area contributed by atoms with Crippen LogP contribution in [0.4, 0.5) is 5.69 Å². The maximum Gasteiger partial charge on any atom is 0.305 e. The number of carbonyl (C=O) groups is 3. The highest BCUT2D eigenvalue weighted by Crippen LogP contribution is 2.28. The molecule has 0 aromatic heterocycles. The fourth-order valence-corrected chi connectivity index (χ4v) is 2.56. The molecule has 1 heterocycles. The molecule has 1 aliphatic rings. The summed E-state index contributed by atoms with van der Waals surface area (Å²) in [4.78, 5) is 36.5. The molecule has 0 aliphatic carbocycles. The summed E-state index contributed by atoms with van der Waals surface area (Å²) < 4.78 is 4.53. The number of benzene rings is 1. The smallest absolute Gasteiger partial charge is 0.305 e. The van der Waals surface area contributed by atoms with Gasteiger partial charge in [0, 0.05) is 31.1 Å². The number of carbonyl (C=O) groups excluding carboxylic acids is 3. The summed E-state index contributed by atoms with van der Waals surface area (Å²) in [6.45, 7) is 2.27. The van der Waals surface area contributed by atoms with Crippen molar-refractivity contribution < 1.29 is 19.1 Å². The third kappa shape index (κ3) is 3.48. The molecule has 21 heavy (non-hydrogen) atoms. The van der Waals surface area contributed by atoms with Crippen LogP contribution in [0.3, 0.4) is 0 Å². The van der Waals surface area contributed by atoms with Crippen molar-refractivity contribution in [1.29, 1.82) is 0 Å². The molecule has 0 radical (unpaired) electrons. The lowest BCUT2D eigenvalue weighted by atomic mass is 9.96. The van der Waals surface area contributed by atoms with E-state index in [1.807, 2.05) is 12.1 Å². The minimum Gasteiger partial charge on any atom is -0.469 e. The van der Waals surface area contributed by atoms with Gasteiger partial charge >= 0.3 is 5.97 Å². The van der Waals surface area contributed by atoms with Crippen LogP contribution in [0.15, 0.2) is 18.2 Å². The molecule has 112 valence electrons. The zero-order valence-electron chi connectivity index (χ0n) is 12.3. The average molecular weight is 289 g/mol. The second-order valence-electron chi connectivity index (χ2n) is 5.12. The molecule has 0 fully saturated rings. The molecule has 1 aromatic carbocycles. The van der Waals surface area contributed by atoms with Gasteiger partial charge in [-0.2, -0.15) is 0 Å². The Balaban J connectivity index is 2.15. The van der Waals surface area contributed by atoms with Gasteiger partial charge in [-0.15, -0.1) is 0 Å². The normalized spacial score (nSPS) is 13.5. The first-order valence-corrected chi connectivity index (χ1v) is 7.04. The average Bonchev–Trinajstić information content (AvgIpc) is 2.50. The molecule has 1 aliphatic heterocycles. The molecule has 0 bridgehead atoms. The molecular formula is C16H19NO4. The van der Waals surface area contributed by atoms with Crippen LogP contribution in [0.5, 0.6) is 0 Å². The van der Waals surface area contributed by atoms with Gasteiger partial charge in [0.1, 0.15) is 0 Å². The van der Waals surface area contributed by atoms with Crippen LogP contribution in [0, 0.1) is 0 Å². The fourth-order valence-electron chi connectivity index (χ4n) is 2.56. The predicted octanol–water partition coefficient (Wildman–Crippen LogP) is 2.12. The molecule has 5 nitrogen and oxygen atoms in total. The highest BCUT2D eigenvalue weighted by molar-refractivity contribution is 5.99. The van der Waals surface area contributed by atoms with Crippen LogP contribution < -0.4 is 4.90 Å². The van der Waals surface area contributed by atoms with Crippen molar-refractivity contribution in [3.8, 4) is 0 Å². The van der Waals surface area contributed by atoms with Crippen LogP contribution in [0.1, 0.15) is 42.1 Å². The van der Waals surface area contributed by atoms with Crippen LogP contribution in [0.25, 0.3) is 0 Å². The number of anilines is 1. The van der Waals surface area contributed by atoms with E-state index in [0.717, 1.165) is 30.6 Å². The van der Waals surface area contributed by atoms with E-state index in [0.29, 0.717) is 5.56 Å². The largest absolute Gasteiger partial charge is 0.469 e. The van der Waals surface area contributed by atoms with Gasteiger partial charge in [-0.3, -0.25) is 14.4 Å². The SMILES string of the molecule is COC(=O)CCC(=O)c1ccc2c(c1)CCCN2C(C)=O. The third-order valence-electron chi connectivity index (χ3n) is 3.68. The first-order valence-electron chi connectivity index (χ1n) is 7.04. The topological polar surface area (TPSA) is 63.7 Å². The quantitative estimate of drug-likeness (QED) is 0.629. The van der Waals surface area contributed by atoms with Crippen molar-refractivity contribution >= 4 is 23.3 Å². The van der Waals surface area contributed by atoms with Gasteiger partial charge in [0.2, 0.25) is 5.91 Å². The highest BCUT2D eigenvalue weighted by Gasteiger charge is 2.21.